The van der Waals surface area contributed by atoms with Gasteiger partial charge in [-0.3, -0.25) is 23.7 Å². The lowest BCUT2D eigenvalue weighted by Gasteiger charge is -2.32. The number of thiophene rings is 3. The molecule has 2 amide bonds. The van der Waals surface area contributed by atoms with Gasteiger partial charge in [0.25, 0.3) is 11.5 Å². The third kappa shape index (κ3) is 3.96. The summed E-state index contributed by atoms with van der Waals surface area (Å²) < 4.78 is 1.72. The average Bonchev–Trinajstić information content (AvgIpc) is 3.83. The van der Waals surface area contributed by atoms with Gasteiger partial charge < -0.3 is 0 Å². The van der Waals surface area contributed by atoms with Crippen molar-refractivity contribution in [3.05, 3.63) is 79.9 Å². The second kappa shape index (κ2) is 10.4. The Balaban J connectivity index is 1.32. The number of aromatic nitrogens is 2. The second-order valence-electron chi connectivity index (χ2n) is 11.2. The van der Waals surface area contributed by atoms with Crippen molar-refractivity contribution >= 4 is 79.0 Å². The molecular formula is C34H27N3O3S3. The summed E-state index contributed by atoms with van der Waals surface area (Å²) in [7, 11) is 0. The minimum Gasteiger partial charge on any atom is -0.278 e. The molecule has 1 aromatic carbocycles. The van der Waals surface area contributed by atoms with E-state index in [0.717, 1.165) is 55.2 Å². The lowest BCUT2D eigenvalue weighted by atomic mass is 9.82. The smallest absolute Gasteiger partial charge is 0.272 e. The molecule has 0 spiro atoms. The topological polar surface area (TPSA) is 71.8 Å². The Labute approximate surface area is 259 Å². The van der Waals surface area contributed by atoms with Gasteiger partial charge in [0, 0.05) is 32.6 Å². The van der Waals surface area contributed by atoms with E-state index in [2.05, 4.69) is 24.8 Å². The van der Waals surface area contributed by atoms with Gasteiger partial charge >= 0.3 is 0 Å². The van der Waals surface area contributed by atoms with E-state index in [9.17, 15) is 14.4 Å². The maximum absolute atomic E-state index is 14.3. The molecule has 6 aromatic rings. The van der Waals surface area contributed by atoms with Crippen LogP contribution >= 0.6 is 34.0 Å². The molecule has 6 heterocycles. The Morgan fingerprint density at radius 1 is 0.907 bits per heavy atom. The summed E-state index contributed by atoms with van der Waals surface area (Å²) in [4.78, 5) is 52.5. The van der Waals surface area contributed by atoms with Gasteiger partial charge in [-0.15, -0.1) is 39.7 Å². The highest BCUT2D eigenvalue weighted by molar-refractivity contribution is 7.27. The van der Waals surface area contributed by atoms with E-state index in [-0.39, 0.29) is 17.4 Å². The molecule has 8 rings (SSSR count). The Hall–Kier alpha value is -3.88. The zero-order chi connectivity index (χ0) is 29.2. The van der Waals surface area contributed by atoms with Crippen molar-refractivity contribution in [3.63, 3.8) is 0 Å². The monoisotopic (exact) mass is 621 g/mol. The van der Waals surface area contributed by atoms with E-state index in [0.29, 0.717) is 33.9 Å². The van der Waals surface area contributed by atoms with E-state index in [1.54, 1.807) is 44.5 Å². The number of imide groups is 1. The summed E-state index contributed by atoms with van der Waals surface area (Å²) in [6, 6.07) is 11.9. The van der Waals surface area contributed by atoms with Gasteiger partial charge in [-0.1, -0.05) is 51.2 Å². The van der Waals surface area contributed by atoms with Crippen LogP contribution in [0.5, 0.6) is 0 Å². The van der Waals surface area contributed by atoms with Gasteiger partial charge in [-0.25, -0.2) is 4.98 Å². The Bertz CT molecular complexity index is 2240. The van der Waals surface area contributed by atoms with Crippen LogP contribution in [0.3, 0.4) is 0 Å². The van der Waals surface area contributed by atoms with Crippen molar-refractivity contribution in [1.29, 1.82) is 0 Å². The van der Waals surface area contributed by atoms with Crippen molar-refractivity contribution < 1.29 is 9.59 Å². The number of hydrogen-bond acceptors (Lipinski definition) is 7. The maximum Gasteiger partial charge on any atom is 0.272 e. The quantitative estimate of drug-likeness (QED) is 0.123. The molecule has 0 bridgehead atoms. The number of carbonyl (C=O) groups excluding carboxylic acids is 2. The van der Waals surface area contributed by atoms with Crippen molar-refractivity contribution in [1.82, 2.24) is 14.3 Å². The van der Waals surface area contributed by atoms with E-state index < -0.39 is 5.92 Å². The fraction of sp³-hybridized carbons (Fsp3) is 0.265. The van der Waals surface area contributed by atoms with Crippen LogP contribution in [-0.4, -0.2) is 32.6 Å². The van der Waals surface area contributed by atoms with Crippen LogP contribution in [0.25, 0.3) is 52.7 Å². The van der Waals surface area contributed by atoms with Crippen LogP contribution in [0.15, 0.2) is 58.0 Å². The van der Waals surface area contributed by atoms with Crippen LogP contribution in [0.4, 0.5) is 0 Å². The van der Waals surface area contributed by atoms with Crippen LogP contribution in [0, 0.1) is 0 Å². The van der Waals surface area contributed by atoms with Crippen molar-refractivity contribution in [2.24, 2.45) is 0 Å². The van der Waals surface area contributed by atoms with Crippen molar-refractivity contribution in [2.75, 3.05) is 6.54 Å². The molecule has 0 radical (unpaired) electrons. The Morgan fingerprint density at radius 2 is 1.65 bits per heavy atom. The molecule has 2 aliphatic rings. The predicted molar refractivity (Wildman–Crippen MR) is 176 cm³/mol. The average molecular weight is 622 g/mol. The first-order valence-corrected chi connectivity index (χ1v) is 17.3. The van der Waals surface area contributed by atoms with E-state index in [4.69, 9.17) is 4.98 Å². The normalized spacial score (nSPS) is 15.8. The number of rotatable bonds is 9. The largest absolute Gasteiger partial charge is 0.278 e. The van der Waals surface area contributed by atoms with E-state index in [1.807, 2.05) is 35.0 Å². The highest BCUT2D eigenvalue weighted by atomic mass is 32.1. The molecule has 0 fully saturated rings. The van der Waals surface area contributed by atoms with Gasteiger partial charge in [0.15, 0.2) is 0 Å². The number of unbranched alkanes of at least 4 members (excludes halogenated alkanes) is 5. The first-order valence-electron chi connectivity index (χ1n) is 14.8. The van der Waals surface area contributed by atoms with Gasteiger partial charge in [-0.05, 0) is 53.1 Å². The highest BCUT2D eigenvalue weighted by Gasteiger charge is 2.40. The lowest BCUT2D eigenvalue weighted by molar-refractivity contribution is -0.129. The molecule has 0 saturated carbocycles. The van der Waals surface area contributed by atoms with Crippen molar-refractivity contribution in [3.8, 4) is 19.5 Å². The maximum atomic E-state index is 14.3. The van der Waals surface area contributed by atoms with Crippen LogP contribution < -0.4 is 10.8 Å². The molecule has 1 aliphatic heterocycles. The number of imidazole rings is 1. The highest BCUT2D eigenvalue weighted by Crippen LogP contribution is 2.47. The number of amides is 2. The Morgan fingerprint density at radius 3 is 2.40 bits per heavy atom. The number of nitrogens with zero attached hydrogens (tertiary/aromatic N) is 3. The standard InChI is InChI=1S/C34H27N3O3S3/c1-2-3-4-5-6-7-16-36-32(38)20-13-12-19-25-22(15-14-21(26(20)25)33(36)39)34(40)37-28-27(35-31(19)37)29(23-10-8-17-41-23)43-30(28)24-11-9-18-42-24/h8-14,17-18,21H,2-7,16H2,1H3. The summed E-state index contributed by atoms with van der Waals surface area (Å²) in [6.45, 7) is 2.60. The molecule has 1 atom stereocenters. The fourth-order valence-corrected chi connectivity index (χ4v) is 9.51. The van der Waals surface area contributed by atoms with Gasteiger partial charge in [0.2, 0.25) is 5.91 Å². The summed E-state index contributed by atoms with van der Waals surface area (Å²) in [5, 5.41) is 5.88. The predicted octanol–water partition coefficient (Wildman–Crippen LogP) is 7.61. The van der Waals surface area contributed by atoms with E-state index in [1.165, 1.54) is 24.2 Å². The van der Waals surface area contributed by atoms with E-state index >= 15 is 0 Å². The third-order valence-electron chi connectivity index (χ3n) is 8.60. The SMILES string of the molecule is CCCCCCCCN1C(=O)c2ccc3c4c2C(C=C=c4c(=O)n2c3nc3c(-c4cccs4)sc(-c4cccs4)c32)C1=O. The zero-order valence-corrected chi connectivity index (χ0v) is 26.0. The summed E-state index contributed by atoms with van der Waals surface area (Å²) in [6.07, 6.45) is 8.16. The minimum atomic E-state index is -0.635. The number of fused-ring (bicyclic) bond motifs is 4. The van der Waals surface area contributed by atoms with Gasteiger partial charge in [0.05, 0.1) is 26.4 Å². The molecule has 43 heavy (non-hydrogen) atoms. The summed E-state index contributed by atoms with van der Waals surface area (Å²) in [5.74, 6) is -1.14. The van der Waals surface area contributed by atoms with Crippen LogP contribution in [0.1, 0.15) is 67.3 Å². The van der Waals surface area contributed by atoms with Crippen LogP contribution in [-0.2, 0) is 4.79 Å². The lowest BCUT2D eigenvalue weighted by Crippen LogP contribution is -2.46. The fourth-order valence-electron chi connectivity index (χ4n) is 6.57. The Kier molecular flexibility index (Phi) is 6.45. The zero-order valence-electron chi connectivity index (χ0n) is 23.5. The molecule has 0 N–H and O–H groups in total. The summed E-state index contributed by atoms with van der Waals surface area (Å²) >= 11 is 4.95. The first-order chi connectivity index (χ1) is 21.1. The molecule has 9 heteroatoms. The number of carbonyl (C=O) groups is 2. The number of pyridine rings is 1. The molecule has 0 saturated heterocycles. The van der Waals surface area contributed by atoms with Crippen LogP contribution in [0.2, 0.25) is 0 Å². The number of hydrogen-bond donors (Lipinski definition) is 0. The molecule has 214 valence electrons. The molecule has 1 unspecified atom stereocenters. The molecule has 6 nitrogen and oxygen atoms in total. The third-order valence-corrected chi connectivity index (χ3v) is 11.9. The first kappa shape index (κ1) is 26.7. The second-order valence-corrected chi connectivity index (χ2v) is 14.1. The number of benzene rings is 1. The van der Waals surface area contributed by atoms with Gasteiger partial charge in [-0.2, -0.15) is 0 Å². The summed E-state index contributed by atoms with van der Waals surface area (Å²) in [5.41, 5.74) is 6.25. The minimum absolute atomic E-state index is 0.226. The molecule has 1 aliphatic carbocycles. The van der Waals surface area contributed by atoms with Crippen molar-refractivity contribution in [2.45, 2.75) is 51.4 Å². The van der Waals surface area contributed by atoms with Gasteiger partial charge in [0.1, 0.15) is 11.2 Å². The molecule has 5 aromatic heterocycles. The molecular weight excluding hydrogens is 595 g/mol.